The molecule has 26 heavy (non-hydrogen) atoms. The van der Waals surface area contributed by atoms with Crippen LogP contribution in [0, 0.1) is 17.5 Å². The summed E-state index contributed by atoms with van der Waals surface area (Å²) >= 11 is 0. The zero-order valence-electron chi connectivity index (χ0n) is 14.2. The summed E-state index contributed by atoms with van der Waals surface area (Å²) < 4.78 is 44.0. The van der Waals surface area contributed by atoms with Crippen molar-refractivity contribution in [1.29, 1.82) is 0 Å². The van der Waals surface area contributed by atoms with Crippen molar-refractivity contribution in [3.8, 4) is 0 Å². The summed E-state index contributed by atoms with van der Waals surface area (Å²) in [5, 5.41) is 0. The molecule has 0 saturated carbocycles. The highest BCUT2D eigenvalue weighted by Crippen LogP contribution is 2.35. The summed E-state index contributed by atoms with van der Waals surface area (Å²) in [7, 11) is 0. The third-order valence-electron chi connectivity index (χ3n) is 4.92. The van der Waals surface area contributed by atoms with E-state index in [9.17, 15) is 13.2 Å². The van der Waals surface area contributed by atoms with Crippen molar-refractivity contribution in [2.45, 2.75) is 25.6 Å². The number of fused-ring (bicyclic) bond motifs is 1. The second-order valence-corrected chi connectivity index (χ2v) is 6.63. The predicted octanol–water partition coefficient (Wildman–Crippen LogP) is 4.90. The molecule has 0 N–H and O–H groups in total. The summed E-state index contributed by atoms with van der Waals surface area (Å²) in [5.41, 5.74) is 2.16. The second kappa shape index (κ2) is 7.00. The van der Waals surface area contributed by atoms with Gasteiger partial charge >= 0.3 is 0 Å². The van der Waals surface area contributed by atoms with Gasteiger partial charge < -0.3 is 4.57 Å². The molecule has 0 saturated heterocycles. The van der Waals surface area contributed by atoms with Gasteiger partial charge in [-0.2, -0.15) is 0 Å². The van der Waals surface area contributed by atoms with Crippen LogP contribution in [0.3, 0.4) is 0 Å². The molecule has 1 aliphatic heterocycles. The molecule has 4 rings (SSSR count). The first-order valence-electron chi connectivity index (χ1n) is 8.71. The average Bonchev–Trinajstić information content (AvgIpc) is 3.02. The molecule has 134 valence electrons. The van der Waals surface area contributed by atoms with E-state index in [4.69, 9.17) is 0 Å². The highest BCUT2D eigenvalue weighted by Gasteiger charge is 2.30. The molecular formula is C21H19F3N2. The largest absolute Gasteiger partial charge is 0.350 e. The molecule has 0 spiro atoms. The average molecular weight is 356 g/mol. The molecule has 1 aliphatic rings. The number of hydrogen-bond acceptors (Lipinski definition) is 1. The van der Waals surface area contributed by atoms with Gasteiger partial charge in [0.15, 0.2) is 11.6 Å². The molecule has 2 aromatic carbocycles. The van der Waals surface area contributed by atoms with Gasteiger partial charge in [0, 0.05) is 43.2 Å². The Morgan fingerprint density at radius 2 is 1.62 bits per heavy atom. The summed E-state index contributed by atoms with van der Waals surface area (Å²) in [6, 6.07) is 14.9. The van der Waals surface area contributed by atoms with Crippen molar-refractivity contribution in [1.82, 2.24) is 9.47 Å². The molecular weight excluding hydrogens is 337 g/mol. The Bertz CT molecular complexity index is 905. The van der Waals surface area contributed by atoms with Gasteiger partial charge in [-0.3, -0.25) is 4.90 Å². The van der Waals surface area contributed by atoms with Crippen molar-refractivity contribution < 1.29 is 13.2 Å². The molecule has 2 heterocycles. The number of nitrogens with zero attached hydrogens (tertiary/aromatic N) is 2. The maximum Gasteiger partial charge on any atom is 0.161 e. The van der Waals surface area contributed by atoms with Crippen molar-refractivity contribution in [3.63, 3.8) is 0 Å². The van der Waals surface area contributed by atoms with Gasteiger partial charge in [0.05, 0.1) is 6.04 Å². The fraction of sp³-hybridized carbons (Fsp3) is 0.238. The minimum atomic E-state index is -1.16. The molecule has 1 unspecified atom stereocenters. The van der Waals surface area contributed by atoms with Crippen LogP contribution >= 0.6 is 0 Å². The number of benzene rings is 2. The Morgan fingerprint density at radius 3 is 2.42 bits per heavy atom. The summed E-state index contributed by atoms with van der Waals surface area (Å²) in [6.07, 6.45) is 2.85. The number of halogens is 3. The van der Waals surface area contributed by atoms with Crippen molar-refractivity contribution in [2.24, 2.45) is 0 Å². The molecule has 5 heteroatoms. The summed E-state index contributed by atoms with van der Waals surface area (Å²) in [5.74, 6) is -2.91. The lowest BCUT2D eigenvalue weighted by Crippen LogP contribution is -2.30. The van der Waals surface area contributed by atoms with E-state index >= 15 is 0 Å². The SMILES string of the molecule is Fc1cc(F)c(C2c3cccn3CCCN2Cc2ccccc2)cc1F. The lowest BCUT2D eigenvalue weighted by atomic mass is 10.00. The topological polar surface area (TPSA) is 8.17 Å². The van der Waals surface area contributed by atoms with Crippen LogP contribution in [-0.4, -0.2) is 16.0 Å². The van der Waals surface area contributed by atoms with Gasteiger partial charge in [-0.1, -0.05) is 30.3 Å². The third-order valence-corrected chi connectivity index (χ3v) is 4.92. The summed E-state index contributed by atoms with van der Waals surface area (Å²) in [4.78, 5) is 2.13. The molecule has 3 aromatic rings. The van der Waals surface area contributed by atoms with Crippen LogP contribution in [0.15, 0.2) is 60.8 Å². The van der Waals surface area contributed by atoms with E-state index < -0.39 is 23.5 Å². The number of aryl methyl sites for hydroxylation is 1. The Balaban J connectivity index is 1.81. The highest BCUT2D eigenvalue weighted by molar-refractivity contribution is 5.32. The quantitative estimate of drug-likeness (QED) is 0.606. The lowest BCUT2D eigenvalue weighted by Gasteiger charge is -2.31. The van der Waals surface area contributed by atoms with Crippen LogP contribution < -0.4 is 0 Å². The molecule has 0 bridgehead atoms. The third kappa shape index (κ3) is 3.15. The van der Waals surface area contributed by atoms with Crippen LogP contribution in [0.4, 0.5) is 13.2 Å². The molecule has 1 aromatic heterocycles. The van der Waals surface area contributed by atoms with Crippen LogP contribution in [-0.2, 0) is 13.1 Å². The fourth-order valence-electron chi connectivity index (χ4n) is 3.73. The molecule has 0 amide bonds. The first-order chi connectivity index (χ1) is 12.6. The summed E-state index contributed by atoms with van der Waals surface area (Å²) in [6.45, 7) is 2.16. The lowest BCUT2D eigenvalue weighted by molar-refractivity contribution is 0.216. The van der Waals surface area contributed by atoms with Crippen LogP contribution in [0.2, 0.25) is 0 Å². The Morgan fingerprint density at radius 1 is 0.846 bits per heavy atom. The van der Waals surface area contributed by atoms with Crippen LogP contribution in [0.1, 0.15) is 29.3 Å². The first-order valence-corrected chi connectivity index (χ1v) is 8.71. The van der Waals surface area contributed by atoms with Gasteiger partial charge in [0.1, 0.15) is 5.82 Å². The zero-order chi connectivity index (χ0) is 18.1. The van der Waals surface area contributed by atoms with Gasteiger partial charge in [0.25, 0.3) is 0 Å². The monoisotopic (exact) mass is 356 g/mol. The highest BCUT2D eigenvalue weighted by atomic mass is 19.2. The Labute approximate surface area is 150 Å². The van der Waals surface area contributed by atoms with Crippen molar-refractivity contribution in [3.05, 3.63) is 95.1 Å². The van der Waals surface area contributed by atoms with Gasteiger partial charge in [-0.15, -0.1) is 0 Å². The van der Waals surface area contributed by atoms with Crippen LogP contribution in [0.5, 0.6) is 0 Å². The normalized spacial score (nSPS) is 17.7. The Hall–Kier alpha value is -2.53. The van der Waals surface area contributed by atoms with E-state index in [1.165, 1.54) is 0 Å². The first kappa shape index (κ1) is 16.9. The molecule has 2 nitrogen and oxygen atoms in total. The molecule has 0 fully saturated rings. The van der Waals surface area contributed by atoms with E-state index in [-0.39, 0.29) is 5.56 Å². The molecule has 1 atom stereocenters. The number of aromatic nitrogens is 1. The number of rotatable bonds is 3. The fourth-order valence-corrected chi connectivity index (χ4v) is 3.73. The van der Waals surface area contributed by atoms with E-state index in [0.29, 0.717) is 12.6 Å². The standard InChI is InChI=1S/C21H19F3N2/c22-17-13-19(24)18(23)12-16(17)21-20-8-4-9-25(20)10-5-11-26(21)14-15-6-2-1-3-7-15/h1-4,6-9,12-13,21H,5,10-11,14H2. The predicted molar refractivity (Wildman–Crippen MR) is 94.1 cm³/mol. The maximum absolute atomic E-state index is 14.6. The van der Waals surface area contributed by atoms with E-state index in [1.807, 2.05) is 48.7 Å². The zero-order valence-corrected chi connectivity index (χ0v) is 14.2. The minimum Gasteiger partial charge on any atom is -0.350 e. The van der Waals surface area contributed by atoms with Gasteiger partial charge in [0.2, 0.25) is 0 Å². The molecule has 0 radical (unpaired) electrons. The Kier molecular flexibility index (Phi) is 4.55. The molecule has 0 aliphatic carbocycles. The maximum atomic E-state index is 14.6. The second-order valence-electron chi connectivity index (χ2n) is 6.63. The number of hydrogen-bond donors (Lipinski definition) is 0. The smallest absolute Gasteiger partial charge is 0.161 e. The van der Waals surface area contributed by atoms with Crippen molar-refractivity contribution in [2.75, 3.05) is 6.54 Å². The van der Waals surface area contributed by atoms with Crippen molar-refractivity contribution >= 4 is 0 Å². The minimum absolute atomic E-state index is 0.168. The van der Waals surface area contributed by atoms with E-state index in [0.717, 1.165) is 36.8 Å². The van der Waals surface area contributed by atoms with Gasteiger partial charge in [-0.05, 0) is 30.2 Å². The van der Waals surface area contributed by atoms with E-state index in [1.54, 1.807) is 0 Å². The van der Waals surface area contributed by atoms with Gasteiger partial charge in [-0.25, -0.2) is 13.2 Å². The van der Waals surface area contributed by atoms with Crippen LogP contribution in [0.25, 0.3) is 0 Å². The van der Waals surface area contributed by atoms with E-state index in [2.05, 4.69) is 9.47 Å².